The first kappa shape index (κ1) is 21.9. The molecule has 1 amide bonds. The Morgan fingerprint density at radius 2 is 1.82 bits per heavy atom. The summed E-state index contributed by atoms with van der Waals surface area (Å²) in [5, 5.41) is 2.89. The van der Waals surface area contributed by atoms with Crippen molar-refractivity contribution in [1.82, 2.24) is 5.32 Å². The molecule has 0 radical (unpaired) electrons. The standard InChI is InChI=1S/C21H27FN2O3S/c1-6-19(24(28(5,26)27)20-10-8-7-9-18(20)22)21(25)23-16(4)17-13-14(2)11-12-15(17)3/h7-13,16,19H,6H2,1-5H3,(H,23,25)/t16-,19-/m1/s1. The van der Waals surface area contributed by atoms with E-state index in [1.54, 1.807) is 13.0 Å². The molecule has 2 aromatic carbocycles. The Kier molecular flexibility index (Phi) is 6.82. The highest BCUT2D eigenvalue weighted by Gasteiger charge is 2.33. The van der Waals surface area contributed by atoms with Gasteiger partial charge in [-0.15, -0.1) is 0 Å². The molecule has 1 N–H and O–H groups in total. The molecule has 0 bridgehead atoms. The minimum absolute atomic E-state index is 0.133. The van der Waals surface area contributed by atoms with Crippen LogP contribution in [-0.2, 0) is 14.8 Å². The molecule has 0 aliphatic carbocycles. The first-order valence-corrected chi connectivity index (χ1v) is 11.0. The van der Waals surface area contributed by atoms with Gasteiger partial charge in [-0.2, -0.15) is 0 Å². The molecule has 0 heterocycles. The minimum Gasteiger partial charge on any atom is -0.348 e. The van der Waals surface area contributed by atoms with Crippen LogP contribution in [0.2, 0.25) is 0 Å². The summed E-state index contributed by atoms with van der Waals surface area (Å²) >= 11 is 0. The molecule has 2 aromatic rings. The molecular weight excluding hydrogens is 379 g/mol. The number of nitrogens with one attached hydrogen (secondary N) is 1. The Morgan fingerprint density at radius 1 is 1.18 bits per heavy atom. The van der Waals surface area contributed by atoms with Gasteiger partial charge in [0.15, 0.2) is 0 Å². The molecule has 5 nitrogen and oxygen atoms in total. The summed E-state index contributed by atoms with van der Waals surface area (Å²) in [6, 6.07) is 10.1. The van der Waals surface area contributed by atoms with Crippen LogP contribution in [0.25, 0.3) is 0 Å². The second-order valence-corrected chi connectivity index (χ2v) is 8.88. The van der Waals surface area contributed by atoms with Gasteiger partial charge in [0.25, 0.3) is 0 Å². The van der Waals surface area contributed by atoms with Crippen molar-refractivity contribution in [2.24, 2.45) is 0 Å². The van der Waals surface area contributed by atoms with Crippen LogP contribution in [0.4, 0.5) is 10.1 Å². The number of amides is 1. The summed E-state index contributed by atoms with van der Waals surface area (Å²) in [6.07, 6.45) is 1.18. The molecule has 0 saturated heterocycles. The van der Waals surface area contributed by atoms with Crippen molar-refractivity contribution in [3.05, 3.63) is 65.0 Å². The van der Waals surface area contributed by atoms with Crippen LogP contribution in [0.5, 0.6) is 0 Å². The van der Waals surface area contributed by atoms with Gasteiger partial charge in [0, 0.05) is 0 Å². The van der Waals surface area contributed by atoms with Crippen LogP contribution < -0.4 is 9.62 Å². The third-order valence-electron chi connectivity index (χ3n) is 4.68. The molecule has 0 saturated carbocycles. The van der Waals surface area contributed by atoms with E-state index in [0.29, 0.717) is 0 Å². The van der Waals surface area contributed by atoms with Crippen molar-refractivity contribution in [1.29, 1.82) is 0 Å². The third kappa shape index (κ3) is 4.90. The van der Waals surface area contributed by atoms with Gasteiger partial charge in [0.2, 0.25) is 15.9 Å². The highest BCUT2D eigenvalue weighted by molar-refractivity contribution is 7.92. The Hall–Kier alpha value is -2.41. The molecule has 152 valence electrons. The molecule has 0 aliphatic rings. The van der Waals surface area contributed by atoms with Crippen molar-refractivity contribution in [3.63, 3.8) is 0 Å². The summed E-state index contributed by atoms with van der Waals surface area (Å²) in [7, 11) is -3.88. The van der Waals surface area contributed by atoms with E-state index in [-0.39, 0.29) is 18.2 Å². The first-order chi connectivity index (χ1) is 13.1. The number of sulfonamides is 1. The molecule has 0 aromatic heterocycles. The van der Waals surface area contributed by atoms with Crippen molar-refractivity contribution in [3.8, 4) is 0 Å². The lowest BCUT2D eigenvalue weighted by atomic mass is 9.99. The third-order valence-corrected chi connectivity index (χ3v) is 5.85. The Morgan fingerprint density at radius 3 is 2.39 bits per heavy atom. The quantitative estimate of drug-likeness (QED) is 0.759. The number of anilines is 1. The lowest BCUT2D eigenvalue weighted by Gasteiger charge is -2.31. The SMILES string of the molecule is CC[C@H](C(=O)N[C@H](C)c1cc(C)ccc1C)N(c1ccccc1F)S(C)(=O)=O. The Balaban J connectivity index is 2.37. The van der Waals surface area contributed by atoms with Gasteiger partial charge < -0.3 is 5.32 Å². The minimum atomic E-state index is -3.88. The molecule has 2 atom stereocenters. The van der Waals surface area contributed by atoms with Crippen LogP contribution in [0.3, 0.4) is 0 Å². The largest absolute Gasteiger partial charge is 0.348 e. The fourth-order valence-corrected chi connectivity index (χ4v) is 4.49. The number of benzene rings is 2. The van der Waals surface area contributed by atoms with Gasteiger partial charge in [-0.05, 0) is 50.5 Å². The van der Waals surface area contributed by atoms with Gasteiger partial charge >= 0.3 is 0 Å². The molecular formula is C21H27FN2O3S. The van der Waals surface area contributed by atoms with Crippen molar-refractivity contribution in [2.75, 3.05) is 10.6 Å². The summed E-state index contributed by atoms with van der Waals surface area (Å²) in [5.74, 6) is -1.16. The first-order valence-electron chi connectivity index (χ1n) is 9.17. The number of hydrogen-bond donors (Lipinski definition) is 1. The molecule has 28 heavy (non-hydrogen) atoms. The van der Waals surface area contributed by atoms with Gasteiger partial charge in [-0.25, -0.2) is 12.8 Å². The number of carbonyl (C=O) groups excluding carboxylic acids is 1. The highest BCUT2D eigenvalue weighted by Crippen LogP contribution is 2.26. The van der Waals surface area contributed by atoms with Crippen LogP contribution in [0, 0.1) is 19.7 Å². The lowest BCUT2D eigenvalue weighted by Crippen LogP contribution is -2.50. The second kappa shape index (κ2) is 8.73. The second-order valence-electron chi connectivity index (χ2n) is 7.02. The Bertz CT molecular complexity index is 960. The van der Waals surface area contributed by atoms with E-state index in [9.17, 15) is 17.6 Å². The van der Waals surface area contributed by atoms with E-state index < -0.39 is 27.8 Å². The number of para-hydroxylation sites is 1. The van der Waals surface area contributed by atoms with Crippen LogP contribution in [0.15, 0.2) is 42.5 Å². The number of halogens is 1. The maximum atomic E-state index is 14.3. The zero-order chi connectivity index (χ0) is 21.1. The van der Waals surface area contributed by atoms with Crippen molar-refractivity contribution in [2.45, 2.75) is 46.2 Å². The smallest absolute Gasteiger partial charge is 0.244 e. The number of aryl methyl sites for hydroxylation is 2. The van der Waals surface area contributed by atoms with E-state index in [1.165, 1.54) is 18.2 Å². The number of rotatable bonds is 7. The molecule has 0 unspecified atom stereocenters. The van der Waals surface area contributed by atoms with E-state index in [0.717, 1.165) is 27.3 Å². The van der Waals surface area contributed by atoms with Gasteiger partial charge in [-0.1, -0.05) is 42.8 Å². The predicted molar refractivity (Wildman–Crippen MR) is 110 cm³/mol. The number of hydrogen-bond acceptors (Lipinski definition) is 3. The monoisotopic (exact) mass is 406 g/mol. The molecule has 0 spiro atoms. The topological polar surface area (TPSA) is 66.5 Å². The summed E-state index contributed by atoms with van der Waals surface area (Å²) < 4.78 is 40.0. The van der Waals surface area contributed by atoms with E-state index in [4.69, 9.17) is 0 Å². The maximum absolute atomic E-state index is 14.3. The fraction of sp³-hybridized carbons (Fsp3) is 0.381. The normalized spacial score (nSPS) is 13.6. The molecule has 0 fully saturated rings. The van der Waals surface area contributed by atoms with Gasteiger partial charge in [0.1, 0.15) is 11.9 Å². The summed E-state index contributed by atoms with van der Waals surface area (Å²) in [4.78, 5) is 13.0. The zero-order valence-corrected chi connectivity index (χ0v) is 17.7. The maximum Gasteiger partial charge on any atom is 0.244 e. The zero-order valence-electron chi connectivity index (χ0n) is 16.9. The van der Waals surface area contributed by atoms with E-state index >= 15 is 0 Å². The Labute approximate surface area is 166 Å². The number of nitrogens with zero attached hydrogens (tertiary/aromatic N) is 1. The van der Waals surface area contributed by atoms with Crippen molar-refractivity contribution < 1.29 is 17.6 Å². The molecule has 2 rings (SSSR count). The van der Waals surface area contributed by atoms with Gasteiger partial charge in [0.05, 0.1) is 18.0 Å². The van der Waals surface area contributed by atoms with Crippen molar-refractivity contribution >= 4 is 21.6 Å². The average Bonchev–Trinajstić information content (AvgIpc) is 2.61. The summed E-state index contributed by atoms with van der Waals surface area (Å²) in [5.41, 5.74) is 2.92. The fourth-order valence-electron chi connectivity index (χ4n) is 3.28. The van der Waals surface area contributed by atoms with E-state index in [1.807, 2.05) is 39.0 Å². The highest BCUT2D eigenvalue weighted by atomic mass is 32.2. The summed E-state index contributed by atoms with van der Waals surface area (Å²) in [6.45, 7) is 7.47. The predicted octanol–water partition coefficient (Wildman–Crippen LogP) is 3.86. The lowest BCUT2D eigenvalue weighted by molar-refractivity contribution is -0.122. The van der Waals surface area contributed by atoms with Gasteiger partial charge in [-0.3, -0.25) is 9.10 Å². The molecule has 0 aliphatic heterocycles. The van der Waals surface area contributed by atoms with Crippen LogP contribution in [-0.4, -0.2) is 26.6 Å². The van der Waals surface area contributed by atoms with Crippen LogP contribution >= 0.6 is 0 Å². The average molecular weight is 407 g/mol. The van der Waals surface area contributed by atoms with Crippen LogP contribution in [0.1, 0.15) is 43.0 Å². The number of carbonyl (C=O) groups is 1. The van der Waals surface area contributed by atoms with E-state index in [2.05, 4.69) is 5.32 Å². The molecule has 7 heteroatoms.